The molecule has 0 radical (unpaired) electrons. The van der Waals surface area contributed by atoms with Crippen molar-refractivity contribution in [3.05, 3.63) is 24.0 Å². The molecule has 106 valence electrons. The lowest BCUT2D eigenvalue weighted by Gasteiger charge is -2.24. The SMILES string of the molecule is C=C(NO[Si](C)(C)C)C(=CCC)NO[Si](C)(C)C. The number of hydrogen-bond acceptors (Lipinski definition) is 4. The first-order chi connectivity index (χ1) is 8.05. The summed E-state index contributed by atoms with van der Waals surface area (Å²) in [6.07, 6.45) is 2.94. The largest absolute Gasteiger partial charge is 0.323 e. The first-order valence-electron chi connectivity index (χ1n) is 6.32. The molecule has 0 spiro atoms. The molecule has 0 unspecified atom stereocenters. The summed E-state index contributed by atoms with van der Waals surface area (Å²) >= 11 is 0. The third kappa shape index (κ3) is 9.46. The molecule has 0 aromatic rings. The van der Waals surface area contributed by atoms with Crippen LogP contribution in [-0.2, 0) is 9.05 Å². The summed E-state index contributed by atoms with van der Waals surface area (Å²) in [5, 5.41) is 0. The van der Waals surface area contributed by atoms with Gasteiger partial charge in [0.1, 0.15) is 0 Å². The molecule has 0 aromatic heterocycles. The predicted molar refractivity (Wildman–Crippen MR) is 82.6 cm³/mol. The second kappa shape index (κ2) is 7.13. The zero-order valence-corrected chi connectivity index (χ0v) is 14.8. The molecule has 0 saturated heterocycles. The topological polar surface area (TPSA) is 42.5 Å². The van der Waals surface area contributed by atoms with Crippen molar-refractivity contribution in [2.24, 2.45) is 0 Å². The molecule has 0 aliphatic rings. The van der Waals surface area contributed by atoms with E-state index in [0.29, 0.717) is 5.70 Å². The van der Waals surface area contributed by atoms with Crippen molar-refractivity contribution >= 4 is 16.6 Å². The van der Waals surface area contributed by atoms with E-state index < -0.39 is 16.6 Å². The monoisotopic (exact) mass is 288 g/mol. The van der Waals surface area contributed by atoms with E-state index in [-0.39, 0.29) is 0 Å². The van der Waals surface area contributed by atoms with E-state index >= 15 is 0 Å². The van der Waals surface area contributed by atoms with Crippen LogP contribution in [0.5, 0.6) is 0 Å². The minimum atomic E-state index is -1.61. The van der Waals surface area contributed by atoms with Crippen LogP contribution in [0, 0.1) is 0 Å². The zero-order valence-electron chi connectivity index (χ0n) is 12.8. The Morgan fingerprint density at radius 1 is 1.00 bits per heavy atom. The Morgan fingerprint density at radius 2 is 1.44 bits per heavy atom. The van der Waals surface area contributed by atoms with Gasteiger partial charge in [0.05, 0.1) is 11.4 Å². The third-order valence-electron chi connectivity index (χ3n) is 1.68. The molecule has 2 N–H and O–H groups in total. The number of rotatable bonds is 8. The Hall–Kier alpha value is -0.566. The van der Waals surface area contributed by atoms with Crippen molar-refractivity contribution in [2.75, 3.05) is 0 Å². The smallest absolute Gasteiger partial charge is 0.220 e. The van der Waals surface area contributed by atoms with Crippen molar-refractivity contribution in [3.63, 3.8) is 0 Å². The molecule has 0 heterocycles. The van der Waals surface area contributed by atoms with Crippen molar-refractivity contribution < 1.29 is 9.05 Å². The van der Waals surface area contributed by atoms with E-state index in [2.05, 4.69) is 63.7 Å². The van der Waals surface area contributed by atoms with Crippen LogP contribution in [0.3, 0.4) is 0 Å². The van der Waals surface area contributed by atoms with Crippen molar-refractivity contribution in [2.45, 2.75) is 52.6 Å². The Morgan fingerprint density at radius 3 is 1.83 bits per heavy atom. The molecule has 0 bridgehead atoms. The molecule has 0 saturated carbocycles. The average Bonchev–Trinajstić information content (AvgIpc) is 2.18. The summed E-state index contributed by atoms with van der Waals surface area (Å²) in [4.78, 5) is 0. The van der Waals surface area contributed by atoms with Crippen molar-refractivity contribution in [1.82, 2.24) is 11.0 Å². The van der Waals surface area contributed by atoms with Crippen molar-refractivity contribution in [3.8, 4) is 0 Å². The highest BCUT2D eigenvalue weighted by molar-refractivity contribution is 6.70. The van der Waals surface area contributed by atoms with Gasteiger partial charge in [-0.25, -0.2) is 0 Å². The van der Waals surface area contributed by atoms with Gasteiger partial charge in [0.25, 0.3) is 0 Å². The molecule has 0 rings (SSSR count). The first-order valence-corrected chi connectivity index (χ1v) is 13.1. The summed E-state index contributed by atoms with van der Waals surface area (Å²) in [7, 11) is -3.21. The van der Waals surface area contributed by atoms with Gasteiger partial charge in [-0.2, -0.15) is 0 Å². The van der Waals surface area contributed by atoms with Crippen molar-refractivity contribution in [1.29, 1.82) is 0 Å². The Bertz CT molecular complexity index is 304. The standard InChI is InChI=1S/C12H28N2O2Si2/c1-9-10-12(14-16-18(6,7)8)11(2)13-15-17(3,4)5/h10,13-14H,2,9H2,1,3-8H3. The van der Waals surface area contributed by atoms with Crippen LogP contribution in [0.15, 0.2) is 24.0 Å². The molecular formula is C12H28N2O2Si2. The van der Waals surface area contributed by atoms with Crippen LogP contribution in [0.1, 0.15) is 13.3 Å². The van der Waals surface area contributed by atoms with Gasteiger partial charge in [0.2, 0.25) is 16.6 Å². The van der Waals surface area contributed by atoms with Gasteiger partial charge in [-0.1, -0.05) is 19.6 Å². The molecule has 0 fully saturated rings. The molecule has 4 nitrogen and oxygen atoms in total. The zero-order chi connectivity index (χ0) is 14.4. The maximum atomic E-state index is 5.67. The molecular weight excluding hydrogens is 260 g/mol. The van der Waals surface area contributed by atoms with E-state index in [0.717, 1.165) is 12.1 Å². The fourth-order valence-corrected chi connectivity index (χ4v) is 1.75. The fraction of sp³-hybridized carbons (Fsp3) is 0.667. The number of hydroxylamine groups is 2. The predicted octanol–water partition coefficient (Wildman–Crippen LogP) is 3.51. The highest BCUT2D eigenvalue weighted by atomic mass is 28.4. The second-order valence-electron chi connectivity index (χ2n) is 6.14. The molecule has 0 aliphatic heterocycles. The Labute approximate surface area is 114 Å². The third-order valence-corrected chi connectivity index (χ3v) is 3.11. The maximum absolute atomic E-state index is 5.67. The molecule has 0 aromatic carbocycles. The van der Waals surface area contributed by atoms with E-state index in [9.17, 15) is 0 Å². The van der Waals surface area contributed by atoms with Crippen LogP contribution >= 0.6 is 0 Å². The minimum Gasteiger partial charge on any atom is -0.323 e. The normalized spacial score (nSPS) is 13.4. The number of allylic oxidation sites excluding steroid dienone is 1. The molecule has 0 atom stereocenters. The van der Waals surface area contributed by atoms with Gasteiger partial charge in [0, 0.05) is 0 Å². The lowest BCUT2D eigenvalue weighted by Crippen LogP contribution is -2.37. The van der Waals surface area contributed by atoms with Gasteiger partial charge in [-0.05, 0) is 45.7 Å². The van der Waals surface area contributed by atoms with Crippen LogP contribution in [0.4, 0.5) is 0 Å². The van der Waals surface area contributed by atoms with Crippen LogP contribution < -0.4 is 11.0 Å². The van der Waals surface area contributed by atoms with Gasteiger partial charge < -0.3 is 9.05 Å². The Kier molecular flexibility index (Phi) is 6.90. The van der Waals surface area contributed by atoms with E-state index in [1.54, 1.807) is 0 Å². The molecule has 0 amide bonds. The molecule has 0 aliphatic carbocycles. The Balaban J connectivity index is 4.43. The van der Waals surface area contributed by atoms with Gasteiger partial charge in [-0.15, -0.1) is 0 Å². The quantitative estimate of drug-likeness (QED) is 0.407. The highest BCUT2D eigenvalue weighted by Gasteiger charge is 2.18. The van der Waals surface area contributed by atoms with Gasteiger partial charge in [0.15, 0.2) is 0 Å². The van der Waals surface area contributed by atoms with Gasteiger partial charge >= 0.3 is 0 Å². The van der Waals surface area contributed by atoms with E-state index in [4.69, 9.17) is 9.05 Å². The summed E-state index contributed by atoms with van der Waals surface area (Å²) in [6, 6.07) is 0. The summed E-state index contributed by atoms with van der Waals surface area (Å²) < 4.78 is 11.3. The summed E-state index contributed by atoms with van der Waals surface area (Å²) in [6.45, 7) is 18.8. The first kappa shape index (κ1) is 17.4. The molecule has 6 heteroatoms. The average molecular weight is 289 g/mol. The van der Waals surface area contributed by atoms with Crippen LogP contribution in [0.2, 0.25) is 39.3 Å². The van der Waals surface area contributed by atoms with E-state index in [1.807, 2.05) is 6.08 Å². The van der Waals surface area contributed by atoms with E-state index in [1.165, 1.54) is 0 Å². The van der Waals surface area contributed by atoms with Crippen LogP contribution in [0.25, 0.3) is 0 Å². The van der Waals surface area contributed by atoms with Crippen LogP contribution in [-0.4, -0.2) is 16.6 Å². The number of nitrogens with one attached hydrogen (secondary N) is 2. The summed E-state index contributed by atoms with van der Waals surface area (Å²) in [5.74, 6) is 0. The lowest BCUT2D eigenvalue weighted by atomic mass is 10.3. The summed E-state index contributed by atoms with van der Waals surface area (Å²) in [5.41, 5.74) is 7.46. The molecule has 18 heavy (non-hydrogen) atoms. The minimum absolute atomic E-state index is 0.706. The van der Waals surface area contributed by atoms with Gasteiger partial charge in [-0.3, -0.25) is 11.0 Å². The highest BCUT2D eigenvalue weighted by Crippen LogP contribution is 2.09. The fourth-order valence-electron chi connectivity index (χ4n) is 0.908. The lowest BCUT2D eigenvalue weighted by molar-refractivity contribution is 0.195. The maximum Gasteiger partial charge on any atom is 0.220 e. The number of hydrogen-bond donors (Lipinski definition) is 2. The second-order valence-corrected chi connectivity index (χ2v) is 15.0.